The normalized spacial score (nSPS) is 41.1. The number of rotatable bonds is 1. The lowest BCUT2D eigenvalue weighted by molar-refractivity contribution is 0.0120. The molecule has 3 atom stereocenters. The first-order valence-corrected chi connectivity index (χ1v) is 5.88. The maximum Gasteiger partial charge on any atom is 0.0708 e. The van der Waals surface area contributed by atoms with Gasteiger partial charge in [0.05, 0.1) is 6.10 Å². The van der Waals surface area contributed by atoms with Gasteiger partial charge in [0.2, 0.25) is 0 Å². The van der Waals surface area contributed by atoms with Crippen LogP contribution in [0.4, 0.5) is 0 Å². The molecule has 3 unspecified atom stereocenters. The maximum atomic E-state index is 9.95. The summed E-state index contributed by atoms with van der Waals surface area (Å²) in [5.74, 6) is 0.501. The minimum atomic E-state index is -0.130. The molecule has 3 nitrogen and oxygen atoms in total. The lowest BCUT2D eigenvalue weighted by Gasteiger charge is -2.42. The van der Waals surface area contributed by atoms with Gasteiger partial charge >= 0.3 is 0 Å². The highest BCUT2D eigenvalue weighted by Gasteiger charge is 2.33. The van der Waals surface area contributed by atoms with Gasteiger partial charge in [0, 0.05) is 18.5 Å². The second kappa shape index (κ2) is 4.60. The first kappa shape index (κ1) is 10.4. The smallest absolute Gasteiger partial charge is 0.0708 e. The molecule has 0 aliphatic carbocycles. The van der Waals surface area contributed by atoms with Crippen molar-refractivity contribution in [2.45, 2.75) is 37.8 Å². The molecule has 0 saturated carbocycles. The molecule has 0 bridgehead atoms. The van der Waals surface area contributed by atoms with Gasteiger partial charge in [-0.15, -0.1) is 0 Å². The second-order valence-electron chi connectivity index (χ2n) is 4.77. The van der Waals surface area contributed by atoms with E-state index in [1.54, 1.807) is 0 Å². The molecule has 2 N–H and O–H groups in total. The van der Waals surface area contributed by atoms with Crippen LogP contribution in [0.15, 0.2) is 0 Å². The summed E-state index contributed by atoms with van der Waals surface area (Å²) in [7, 11) is 2.21. The van der Waals surface area contributed by atoms with Crippen LogP contribution in [0.1, 0.15) is 25.7 Å². The van der Waals surface area contributed by atoms with E-state index in [0.717, 1.165) is 19.5 Å². The number of aliphatic hydroxyl groups excluding tert-OH is 1. The molecule has 0 aromatic rings. The van der Waals surface area contributed by atoms with E-state index in [4.69, 9.17) is 0 Å². The molecule has 3 heteroatoms. The second-order valence-corrected chi connectivity index (χ2v) is 4.77. The van der Waals surface area contributed by atoms with Crippen molar-refractivity contribution < 1.29 is 5.11 Å². The molecule has 0 aromatic heterocycles. The Kier molecular flexibility index (Phi) is 3.42. The summed E-state index contributed by atoms with van der Waals surface area (Å²) in [4.78, 5) is 2.45. The Bertz CT molecular complexity index is 166. The zero-order valence-corrected chi connectivity index (χ0v) is 9.08. The molecule has 2 heterocycles. The molecule has 0 radical (unpaired) electrons. The summed E-state index contributed by atoms with van der Waals surface area (Å²) in [5.41, 5.74) is 0. The van der Waals surface area contributed by atoms with Crippen LogP contribution < -0.4 is 5.32 Å². The lowest BCUT2D eigenvalue weighted by atomic mass is 9.83. The molecule has 2 aliphatic rings. The van der Waals surface area contributed by atoms with Crippen molar-refractivity contribution in [3.63, 3.8) is 0 Å². The number of β-amino-alcohol motifs (C(OH)–C–C–N with tert-alkyl or cyclic N) is 1. The predicted molar refractivity (Wildman–Crippen MR) is 57.3 cm³/mol. The quantitative estimate of drug-likeness (QED) is 0.642. The summed E-state index contributed by atoms with van der Waals surface area (Å²) in [6.45, 7) is 3.07. The first-order valence-electron chi connectivity index (χ1n) is 5.88. The van der Waals surface area contributed by atoms with Crippen molar-refractivity contribution in [2.75, 3.05) is 26.7 Å². The summed E-state index contributed by atoms with van der Waals surface area (Å²) in [6, 6.07) is 0.626. The van der Waals surface area contributed by atoms with Crippen LogP contribution in [0.5, 0.6) is 0 Å². The Morgan fingerprint density at radius 1 is 1.29 bits per heavy atom. The number of hydrogen-bond acceptors (Lipinski definition) is 3. The molecule has 0 spiro atoms. The minimum absolute atomic E-state index is 0.130. The van der Waals surface area contributed by atoms with E-state index in [1.165, 1.54) is 25.8 Å². The largest absolute Gasteiger partial charge is 0.391 e. The fourth-order valence-electron chi connectivity index (χ4n) is 2.95. The summed E-state index contributed by atoms with van der Waals surface area (Å²) >= 11 is 0. The first-order chi connectivity index (χ1) is 6.79. The third-order valence-corrected chi connectivity index (χ3v) is 3.82. The predicted octanol–water partition coefficient (Wildman–Crippen LogP) is 0.441. The summed E-state index contributed by atoms with van der Waals surface area (Å²) in [5, 5.41) is 13.2. The van der Waals surface area contributed by atoms with Crippen molar-refractivity contribution in [3.8, 4) is 0 Å². The van der Waals surface area contributed by atoms with Crippen LogP contribution in [0.3, 0.4) is 0 Å². The molecule has 2 rings (SSSR count). The summed E-state index contributed by atoms with van der Waals surface area (Å²) in [6.07, 6.45) is 4.95. The van der Waals surface area contributed by atoms with Crippen LogP contribution in [-0.2, 0) is 0 Å². The Morgan fingerprint density at radius 3 is 2.86 bits per heavy atom. The number of nitrogens with one attached hydrogen (secondary N) is 1. The standard InChI is InChI=1S/C11H22N2O/c1-13-7-3-2-4-10(13)9-5-6-12-8-11(9)14/h9-12,14H,2-8H2,1H3. The third-order valence-electron chi connectivity index (χ3n) is 3.82. The van der Waals surface area contributed by atoms with Crippen molar-refractivity contribution >= 4 is 0 Å². The SMILES string of the molecule is CN1CCCCC1C1CCNCC1O. The molecule has 2 fully saturated rings. The molecule has 2 saturated heterocycles. The highest BCUT2D eigenvalue weighted by Crippen LogP contribution is 2.27. The average Bonchev–Trinajstić information content (AvgIpc) is 2.20. The number of hydrogen-bond donors (Lipinski definition) is 2. The molecule has 0 amide bonds. The number of piperidine rings is 2. The van der Waals surface area contributed by atoms with Crippen molar-refractivity contribution in [1.29, 1.82) is 0 Å². The van der Waals surface area contributed by atoms with Gasteiger partial charge in [0.15, 0.2) is 0 Å². The monoisotopic (exact) mass is 198 g/mol. The third kappa shape index (κ3) is 2.10. The van der Waals surface area contributed by atoms with Gasteiger partial charge in [-0.2, -0.15) is 0 Å². The van der Waals surface area contributed by atoms with E-state index < -0.39 is 0 Å². The van der Waals surface area contributed by atoms with Crippen molar-refractivity contribution in [1.82, 2.24) is 10.2 Å². The Balaban J connectivity index is 1.96. The van der Waals surface area contributed by atoms with Crippen LogP contribution in [-0.4, -0.2) is 48.8 Å². The molecular formula is C11H22N2O. The van der Waals surface area contributed by atoms with Crippen LogP contribution in [0, 0.1) is 5.92 Å². The van der Waals surface area contributed by atoms with E-state index >= 15 is 0 Å². The van der Waals surface area contributed by atoms with Crippen molar-refractivity contribution in [3.05, 3.63) is 0 Å². The molecule has 82 valence electrons. The highest BCUT2D eigenvalue weighted by atomic mass is 16.3. The molecule has 0 aromatic carbocycles. The zero-order valence-electron chi connectivity index (χ0n) is 9.08. The molecular weight excluding hydrogens is 176 g/mol. The Morgan fingerprint density at radius 2 is 2.14 bits per heavy atom. The highest BCUT2D eigenvalue weighted by molar-refractivity contribution is 4.89. The van der Waals surface area contributed by atoms with Crippen LogP contribution >= 0.6 is 0 Å². The van der Waals surface area contributed by atoms with Gasteiger partial charge in [-0.1, -0.05) is 6.42 Å². The van der Waals surface area contributed by atoms with Crippen LogP contribution in [0.25, 0.3) is 0 Å². The van der Waals surface area contributed by atoms with E-state index in [-0.39, 0.29) is 6.10 Å². The van der Waals surface area contributed by atoms with Gasteiger partial charge in [-0.25, -0.2) is 0 Å². The Labute approximate surface area is 86.5 Å². The van der Waals surface area contributed by atoms with Crippen LogP contribution in [0.2, 0.25) is 0 Å². The molecule has 14 heavy (non-hydrogen) atoms. The average molecular weight is 198 g/mol. The number of aliphatic hydroxyl groups is 1. The van der Waals surface area contributed by atoms with E-state index in [2.05, 4.69) is 17.3 Å². The van der Waals surface area contributed by atoms with E-state index in [1.807, 2.05) is 0 Å². The van der Waals surface area contributed by atoms with E-state index in [9.17, 15) is 5.11 Å². The zero-order chi connectivity index (χ0) is 9.97. The van der Waals surface area contributed by atoms with Gasteiger partial charge in [0.25, 0.3) is 0 Å². The molecule has 2 aliphatic heterocycles. The van der Waals surface area contributed by atoms with Gasteiger partial charge < -0.3 is 15.3 Å². The van der Waals surface area contributed by atoms with Gasteiger partial charge in [0.1, 0.15) is 0 Å². The summed E-state index contributed by atoms with van der Waals surface area (Å²) < 4.78 is 0. The Hall–Kier alpha value is -0.120. The number of nitrogens with zero attached hydrogens (tertiary/aromatic N) is 1. The van der Waals surface area contributed by atoms with E-state index in [0.29, 0.717) is 12.0 Å². The van der Waals surface area contributed by atoms with Gasteiger partial charge in [-0.3, -0.25) is 0 Å². The number of likely N-dealkylation sites (tertiary alicyclic amines) is 1. The minimum Gasteiger partial charge on any atom is -0.391 e. The van der Waals surface area contributed by atoms with Gasteiger partial charge in [-0.05, 0) is 39.4 Å². The topological polar surface area (TPSA) is 35.5 Å². The fourth-order valence-corrected chi connectivity index (χ4v) is 2.95. The fraction of sp³-hybridized carbons (Fsp3) is 1.00. The lowest BCUT2D eigenvalue weighted by Crippen LogP contribution is -2.51. The van der Waals surface area contributed by atoms with Crippen molar-refractivity contribution in [2.24, 2.45) is 5.92 Å². The maximum absolute atomic E-state index is 9.95.